The van der Waals surface area contributed by atoms with E-state index in [1.807, 2.05) is 29.6 Å². The summed E-state index contributed by atoms with van der Waals surface area (Å²) in [5, 5.41) is 15.7. The lowest BCUT2D eigenvalue weighted by molar-refractivity contribution is 0.102. The first-order valence-corrected chi connectivity index (χ1v) is 7.58. The van der Waals surface area contributed by atoms with Gasteiger partial charge in [0.1, 0.15) is 5.75 Å². The van der Waals surface area contributed by atoms with Gasteiger partial charge in [0.15, 0.2) is 0 Å². The van der Waals surface area contributed by atoms with Gasteiger partial charge < -0.3 is 10.4 Å². The first-order valence-electron chi connectivity index (χ1n) is 5.90. The van der Waals surface area contributed by atoms with E-state index in [0.29, 0.717) is 5.69 Å². The van der Waals surface area contributed by atoms with Crippen molar-refractivity contribution in [2.75, 3.05) is 5.32 Å². The maximum absolute atomic E-state index is 12.1. The van der Waals surface area contributed by atoms with Crippen LogP contribution in [0.15, 0.2) is 52.3 Å². The SMILES string of the molecule is O=C(Nc1ccc2sccc2c1)c1ccc(Br)cc1O. The predicted molar refractivity (Wildman–Crippen MR) is 85.6 cm³/mol. The fourth-order valence-electron chi connectivity index (χ4n) is 1.94. The zero-order chi connectivity index (χ0) is 14.1. The van der Waals surface area contributed by atoms with Crippen LogP contribution in [-0.4, -0.2) is 11.0 Å². The standard InChI is InChI=1S/C15H10BrNO2S/c16-10-1-3-12(13(18)8-10)15(19)17-11-2-4-14-9(7-11)5-6-20-14/h1-8,18H,(H,17,19). The fraction of sp³-hybridized carbons (Fsp3) is 0. The molecule has 2 N–H and O–H groups in total. The molecule has 1 aromatic heterocycles. The van der Waals surface area contributed by atoms with Crippen LogP contribution in [0.2, 0.25) is 0 Å². The van der Waals surface area contributed by atoms with Crippen LogP contribution in [0.25, 0.3) is 10.1 Å². The van der Waals surface area contributed by atoms with Gasteiger partial charge in [-0.05, 0) is 53.2 Å². The zero-order valence-corrected chi connectivity index (χ0v) is 12.7. The third-order valence-electron chi connectivity index (χ3n) is 2.91. The van der Waals surface area contributed by atoms with E-state index in [2.05, 4.69) is 21.2 Å². The maximum Gasteiger partial charge on any atom is 0.259 e. The van der Waals surface area contributed by atoms with Crippen molar-refractivity contribution in [1.82, 2.24) is 0 Å². The molecule has 0 saturated carbocycles. The molecule has 3 rings (SSSR count). The molecule has 0 bridgehead atoms. The molecule has 3 nitrogen and oxygen atoms in total. The number of rotatable bonds is 2. The highest BCUT2D eigenvalue weighted by Crippen LogP contribution is 2.26. The highest BCUT2D eigenvalue weighted by atomic mass is 79.9. The summed E-state index contributed by atoms with van der Waals surface area (Å²) < 4.78 is 1.90. The molecular weight excluding hydrogens is 338 g/mol. The number of hydrogen-bond donors (Lipinski definition) is 2. The molecule has 1 amide bonds. The Morgan fingerprint density at radius 1 is 1.15 bits per heavy atom. The largest absolute Gasteiger partial charge is 0.507 e. The number of carbonyl (C=O) groups is 1. The van der Waals surface area contributed by atoms with Crippen molar-refractivity contribution < 1.29 is 9.90 Å². The Balaban J connectivity index is 1.87. The number of benzene rings is 2. The summed E-state index contributed by atoms with van der Waals surface area (Å²) >= 11 is 4.90. The number of nitrogens with one attached hydrogen (secondary N) is 1. The third-order valence-corrected chi connectivity index (χ3v) is 4.31. The Kier molecular flexibility index (Phi) is 3.46. The van der Waals surface area contributed by atoms with Gasteiger partial charge in [0.2, 0.25) is 0 Å². The van der Waals surface area contributed by atoms with E-state index in [4.69, 9.17) is 0 Å². The van der Waals surface area contributed by atoms with E-state index in [1.54, 1.807) is 23.5 Å². The predicted octanol–water partition coefficient (Wildman–Crippen LogP) is 4.62. The number of phenols is 1. The van der Waals surface area contributed by atoms with Crippen molar-refractivity contribution >= 4 is 48.9 Å². The minimum absolute atomic E-state index is 0.0477. The van der Waals surface area contributed by atoms with Gasteiger partial charge in [-0.25, -0.2) is 0 Å². The molecule has 100 valence electrons. The molecule has 0 aliphatic rings. The van der Waals surface area contributed by atoms with Crippen LogP contribution in [0, 0.1) is 0 Å². The molecule has 0 fully saturated rings. The smallest absolute Gasteiger partial charge is 0.259 e. The molecule has 3 aromatic rings. The molecular formula is C15H10BrNO2S. The number of thiophene rings is 1. The molecule has 0 saturated heterocycles. The topological polar surface area (TPSA) is 49.3 Å². The minimum atomic E-state index is -0.329. The summed E-state index contributed by atoms with van der Waals surface area (Å²) in [5.74, 6) is -0.377. The van der Waals surface area contributed by atoms with E-state index in [1.165, 1.54) is 10.8 Å². The number of anilines is 1. The van der Waals surface area contributed by atoms with Gasteiger partial charge in [0.25, 0.3) is 5.91 Å². The van der Waals surface area contributed by atoms with Gasteiger partial charge in [-0.2, -0.15) is 0 Å². The highest BCUT2D eigenvalue weighted by molar-refractivity contribution is 9.10. The average Bonchev–Trinajstić information content (AvgIpc) is 2.85. The molecule has 0 radical (unpaired) electrons. The molecule has 2 aromatic carbocycles. The van der Waals surface area contributed by atoms with Crippen LogP contribution in [-0.2, 0) is 0 Å². The summed E-state index contributed by atoms with van der Waals surface area (Å²) in [4.78, 5) is 12.1. The number of carbonyl (C=O) groups excluding carboxylic acids is 1. The van der Waals surface area contributed by atoms with Crippen molar-refractivity contribution in [3.63, 3.8) is 0 Å². The Bertz CT molecular complexity index is 797. The second-order valence-electron chi connectivity index (χ2n) is 4.29. The number of phenolic OH excluding ortho intramolecular Hbond substituents is 1. The Labute approximate surface area is 128 Å². The first kappa shape index (κ1) is 13.1. The average molecular weight is 348 g/mol. The van der Waals surface area contributed by atoms with Gasteiger partial charge in [-0.1, -0.05) is 15.9 Å². The van der Waals surface area contributed by atoms with Crippen LogP contribution in [0.3, 0.4) is 0 Å². The van der Waals surface area contributed by atoms with E-state index in [-0.39, 0.29) is 17.2 Å². The number of hydrogen-bond acceptors (Lipinski definition) is 3. The summed E-state index contributed by atoms with van der Waals surface area (Å²) in [7, 11) is 0. The Hall–Kier alpha value is -1.85. The molecule has 0 aliphatic carbocycles. The van der Waals surface area contributed by atoms with Crippen LogP contribution in [0.4, 0.5) is 5.69 Å². The highest BCUT2D eigenvalue weighted by Gasteiger charge is 2.11. The molecule has 1 heterocycles. The number of aromatic hydroxyl groups is 1. The quantitative estimate of drug-likeness (QED) is 0.710. The van der Waals surface area contributed by atoms with Crippen LogP contribution in [0.1, 0.15) is 10.4 Å². The number of fused-ring (bicyclic) bond motifs is 1. The van der Waals surface area contributed by atoms with E-state index in [0.717, 1.165) is 9.86 Å². The van der Waals surface area contributed by atoms with E-state index >= 15 is 0 Å². The van der Waals surface area contributed by atoms with Gasteiger partial charge in [-0.15, -0.1) is 11.3 Å². The Morgan fingerprint density at radius 2 is 2.00 bits per heavy atom. The molecule has 20 heavy (non-hydrogen) atoms. The molecule has 0 atom stereocenters. The van der Waals surface area contributed by atoms with Crippen molar-refractivity contribution in [2.45, 2.75) is 0 Å². The lowest BCUT2D eigenvalue weighted by Gasteiger charge is -2.07. The van der Waals surface area contributed by atoms with E-state index < -0.39 is 0 Å². The molecule has 5 heteroatoms. The molecule has 0 spiro atoms. The first-order chi connectivity index (χ1) is 9.63. The Morgan fingerprint density at radius 3 is 2.80 bits per heavy atom. The van der Waals surface area contributed by atoms with Gasteiger partial charge >= 0.3 is 0 Å². The molecule has 0 unspecified atom stereocenters. The van der Waals surface area contributed by atoms with Gasteiger partial charge in [0.05, 0.1) is 5.56 Å². The monoisotopic (exact) mass is 347 g/mol. The van der Waals surface area contributed by atoms with Crippen molar-refractivity contribution in [3.8, 4) is 5.75 Å². The number of halogens is 1. The lowest BCUT2D eigenvalue weighted by Crippen LogP contribution is -2.11. The van der Waals surface area contributed by atoms with Crippen molar-refractivity contribution in [3.05, 3.63) is 57.9 Å². The summed E-state index contributed by atoms with van der Waals surface area (Å²) in [5.41, 5.74) is 0.960. The lowest BCUT2D eigenvalue weighted by atomic mass is 10.1. The van der Waals surface area contributed by atoms with Crippen molar-refractivity contribution in [1.29, 1.82) is 0 Å². The summed E-state index contributed by atoms with van der Waals surface area (Å²) in [6, 6.07) is 12.5. The normalized spacial score (nSPS) is 10.7. The van der Waals surface area contributed by atoms with Gasteiger partial charge in [-0.3, -0.25) is 4.79 Å². The minimum Gasteiger partial charge on any atom is -0.507 e. The van der Waals surface area contributed by atoms with Gasteiger partial charge in [0, 0.05) is 14.9 Å². The summed E-state index contributed by atoms with van der Waals surface area (Å²) in [6.07, 6.45) is 0. The number of amides is 1. The fourth-order valence-corrected chi connectivity index (χ4v) is 3.06. The van der Waals surface area contributed by atoms with Crippen LogP contribution < -0.4 is 5.32 Å². The maximum atomic E-state index is 12.1. The van der Waals surface area contributed by atoms with Crippen LogP contribution in [0.5, 0.6) is 5.75 Å². The summed E-state index contributed by atoms with van der Waals surface area (Å²) in [6.45, 7) is 0. The third kappa shape index (κ3) is 2.55. The van der Waals surface area contributed by atoms with E-state index in [9.17, 15) is 9.90 Å². The molecule has 0 aliphatic heterocycles. The second kappa shape index (κ2) is 5.26. The van der Waals surface area contributed by atoms with Crippen molar-refractivity contribution in [2.24, 2.45) is 0 Å². The zero-order valence-electron chi connectivity index (χ0n) is 10.3. The van der Waals surface area contributed by atoms with Crippen LogP contribution >= 0.6 is 27.3 Å². The second-order valence-corrected chi connectivity index (χ2v) is 6.15.